The number of likely N-dealkylation sites (N-methyl/N-ethyl adjacent to an activating group) is 2. The molecule has 1 N–H and O–H groups in total. The van der Waals surface area contributed by atoms with Crippen molar-refractivity contribution in [2.24, 2.45) is 0 Å². The predicted molar refractivity (Wildman–Crippen MR) is 112 cm³/mol. The number of carbonyl (C=O) groups excluding carboxylic acids is 2. The van der Waals surface area contributed by atoms with Crippen molar-refractivity contribution in [1.82, 2.24) is 9.80 Å². The number of fused-ring (bicyclic) bond motifs is 1. The zero-order chi connectivity index (χ0) is 20.8. The summed E-state index contributed by atoms with van der Waals surface area (Å²) >= 11 is 6.04. The fourth-order valence-electron chi connectivity index (χ4n) is 2.97. The van der Waals surface area contributed by atoms with Crippen LogP contribution >= 0.6 is 11.6 Å². The number of benzene rings is 2. The van der Waals surface area contributed by atoms with Crippen molar-refractivity contribution in [2.45, 2.75) is 6.10 Å². The Balaban J connectivity index is 1.44. The molecule has 1 aliphatic rings. The molecule has 1 heterocycles. The summed E-state index contributed by atoms with van der Waals surface area (Å²) < 4.78 is 11.6. The van der Waals surface area contributed by atoms with Gasteiger partial charge in [0.05, 0.1) is 23.8 Å². The fourth-order valence-corrected chi connectivity index (χ4v) is 3.16. The molecule has 154 valence electrons. The normalized spacial score (nSPS) is 15.1. The van der Waals surface area contributed by atoms with Gasteiger partial charge in [0, 0.05) is 13.6 Å². The number of nitrogens with one attached hydrogen (secondary N) is 1. The van der Waals surface area contributed by atoms with E-state index in [4.69, 9.17) is 21.1 Å². The third-order valence-electron chi connectivity index (χ3n) is 4.44. The van der Waals surface area contributed by atoms with Crippen molar-refractivity contribution in [3.63, 3.8) is 0 Å². The summed E-state index contributed by atoms with van der Waals surface area (Å²) in [5, 5.41) is 3.16. The molecular weight excluding hydrogens is 394 g/mol. The lowest BCUT2D eigenvalue weighted by molar-refractivity contribution is -0.134. The van der Waals surface area contributed by atoms with Gasteiger partial charge in [0.25, 0.3) is 0 Å². The number of ether oxygens (including phenoxy) is 2. The van der Waals surface area contributed by atoms with E-state index in [1.165, 1.54) is 4.90 Å². The van der Waals surface area contributed by atoms with Crippen molar-refractivity contribution in [3.8, 4) is 11.5 Å². The average molecular weight is 418 g/mol. The minimum absolute atomic E-state index is 0.0612. The van der Waals surface area contributed by atoms with Crippen molar-refractivity contribution in [2.75, 3.05) is 45.7 Å². The van der Waals surface area contributed by atoms with Gasteiger partial charge < -0.3 is 19.7 Å². The highest BCUT2D eigenvalue weighted by atomic mass is 35.5. The summed E-state index contributed by atoms with van der Waals surface area (Å²) in [5.74, 6) is 0.958. The molecule has 0 bridgehead atoms. The van der Waals surface area contributed by atoms with Gasteiger partial charge >= 0.3 is 0 Å². The lowest BCUT2D eigenvalue weighted by Gasteiger charge is -2.30. The van der Waals surface area contributed by atoms with Gasteiger partial charge in [-0.25, -0.2) is 0 Å². The van der Waals surface area contributed by atoms with E-state index in [1.54, 1.807) is 31.3 Å². The van der Waals surface area contributed by atoms with E-state index in [0.29, 0.717) is 29.6 Å². The van der Waals surface area contributed by atoms with E-state index in [2.05, 4.69) is 5.32 Å². The van der Waals surface area contributed by atoms with E-state index >= 15 is 0 Å². The highest BCUT2D eigenvalue weighted by Crippen LogP contribution is 2.30. The first-order valence-corrected chi connectivity index (χ1v) is 9.65. The van der Waals surface area contributed by atoms with E-state index in [-0.39, 0.29) is 31.0 Å². The first-order valence-electron chi connectivity index (χ1n) is 9.27. The van der Waals surface area contributed by atoms with Crippen LogP contribution in [0.5, 0.6) is 11.5 Å². The second kappa shape index (κ2) is 9.62. The monoisotopic (exact) mass is 417 g/mol. The number of hydrogen-bond acceptors (Lipinski definition) is 5. The van der Waals surface area contributed by atoms with Crippen LogP contribution in [0, 0.1) is 0 Å². The summed E-state index contributed by atoms with van der Waals surface area (Å²) in [7, 11) is 3.43. The number of carbonyl (C=O) groups is 2. The molecule has 3 rings (SSSR count). The lowest BCUT2D eigenvalue weighted by atomic mass is 10.2. The molecule has 2 aromatic carbocycles. The van der Waals surface area contributed by atoms with Crippen molar-refractivity contribution >= 4 is 29.1 Å². The van der Waals surface area contributed by atoms with Crippen LogP contribution < -0.4 is 14.8 Å². The number of rotatable bonds is 7. The van der Waals surface area contributed by atoms with Crippen LogP contribution in [0.4, 0.5) is 5.69 Å². The van der Waals surface area contributed by atoms with Gasteiger partial charge in [0.1, 0.15) is 12.7 Å². The Morgan fingerprint density at radius 2 is 1.76 bits per heavy atom. The van der Waals surface area contributed by atoms with Gasteiger partial charge in [0.15, 0.2) is 11.5 Å². The quantitative estimate of drug-likeness (QED) is 0.749. The summed E-state index contributed by atoms with van der Waals surface area (Å²) in [5.41, 5.74) is 0.520. The van der Waals surface area contributed by atoms with Crippen LogP contribution in [-0.2, 0) is 9.59 Å². The van der Waals surface area contributed by atoms with Gasteiger partial charge in [-0.05, 0) is 31.3 Å². The number of amides is 2. The number of para-hydroxylation sites is 3. The summed E-state index contributed by atoms with van der Waals surface area (Å²) in [6.07, 6.45) is -0.170. The number of nitrogens with zero attached hydrogens (tertiary/aromatic N) is 2. The Bertz CT molecular complexity index is 877. The molecule has 0 fully saturated rings. The smallest absolute Gasteiger partial charge is 0.244 e. The van der Waals surface area contributed by atoms with Crippen LogP contribution in [-0.4, -0.2) is 68.1 Å². The van der Waals surface area contributed by atoms with Gasteiger partial charge in [-0.15, -0.1) is 0 Å². The molecule has 8 heteroatoms. The van der Waals surface area contributed by atoms with Crippen LogP contribution in [0.1, 0.15) is 0 Å². The third-order valence-corrected chi connectivity index (χ3v) is 4.77. The van der Waals surface area contributed by atoms with E-state index in [1.807, 2.05) is 36.2 Å². The third kappa shape index (κ3) is 5.85. The first kappa shape index (κ1) is 21.0. The maximum Gasteiger partial charge on any atom is 0.244 e. The molecule has 2 amide bonds. The number of halogens is 1. The molecule has 29 heavy (non-hydrogen) atoms. The molecule has 1 atom stereocenters. The minimum atomic E-state index is -0.308. The zero-order valence-corrected chi connectivity index (χ0v) is 17.2. The Morgan fingerprint density at radius 3 is 2.52 bits per heavy atom. The molecule has 0 saturated carbocycles. The minimum Gasteiger partial charge on any atom is -0.486 e. The Morgan fingerprint density at radius 1 is 1.07 bits per heavy atom. The molecule has 0 unspecified atom stereocenters. The molecule has 0 saturated heterocycles. The molecule has 1 aliphatic heterocycles. The Labute approximate surface area is 175 Å². The fraction of sp³-hybridized carbons (Fsp3) is 0.333. The SMILES string of the molecule is CN(CC(=O)N(C)CC(=O)Nc1ccccc1Cl)C[C@H]1COc2ccccc2O1. The number of anilines is 1. The Hall–Kier alpha value is -2.77. The second-order valence-electron chi connectivity index (χ2n) is 6.97. The van der Waals surface area contributed by atoms with Crippen molar-refractivity contribution in [3.05, 3.63) is 53.6 Å². The number of hydrogen-bond donors (Lipinski definition) is 1. The van der Waals surface area contributed by atoms with E-state index in [0.717, 1.165) is 5.75 Å². The van der Waals surface area contributed by atoms with Gasteiger partial charge in [0.2, 0.25) is 11.8 Å². The van der Waals surface area contributed by atoms with E-state index < -0.39 is 0 Å². The largest absolute Gasteiger partial charge is 0.486 e. The van der Waals surface area contributed by atoms with Crippen LogP contribution in [0.3, 0.4) is 0 Å². The van der Waals surface area contributed by atoms with E-state index in [9.17, 15) is 9.59 Å². The highest BCUT2D eigenvalue weighted by molar-refractivity contribution is 6.33. The average Bonchev–Trinajstić information content (AvgIpc) is 2.69. The highest BCUT2D eigenvalue weighted by Gasteiger charge is 2.23. The van der Waals surface area contributed by atoms with Crippen molar-refractivity contribution in [1.29, 1.82) is 0 Å². The summed E-state index contributed by atoms with van der Waals surface area (Å²) in [4.78, 5) is 27.9. The second-order valence-corrected chi connectivity index (χ2v) is 7.38. The molecule has 0 radical (unpaired) electrons. The molecule has 2 aromatic rings. The van der Waals surface area contributed by atoms with Crippen LogP contribution in [0.25, 0.3) is 0 Å². The molecular formula is C21H24ClN3O4. The molecule has 7 nitrogen and oxygen atoms in total. The van der Waals surface area contributed by atoms with Crippen molar-refractivity contribution < 1.29 is 19.1 Å². The zero-order valence-electron chi connectivity index (χ0n) is 16.4. The maximum atomic E-state index is 12.5. The van der Waals surface area contributed by atoms with Crippen LogP contribution in [0.15, 0.2) is 48.5 Å². The molecule has 0 aromatic heterocycles. The summed E-state index contributed by atoms with van der Waals surface area (Å²) in [6, 6.07) is 14.5. The lowest BCUT2D eigenvalue weighted by Crippen LogP contribution is -2.45. The Kier molecular flexibility index (Phi) is 6.95. The topological polar surface area (TPSA) is 71.1 Å². The van der Waals surface area contributed by atoms with Gasteiger partial charge in [-0.3, -0.25) is 14.5 Å². The van der Waals surface area contributed by atoms with Gasteiger partial charge in [-0.2, -0.15) is 0 Å². The first-order chi connectivity index (χ1) is 13.9. The van der Waals surface area contributed by atoms with Gasteiger partial charge in [-0.1, -0.05) is 35.9 Å². The standard InChI is InChI=1S/C21H24ClN3O4/c1-24(11-15-14-28-18-9-5-6-10-19(18)29-15)13-21(27)25(2)12-20(26)23-17-8-4-3-7-16(17)22/h3-10,15H,11-14H2,1-2H3,(H,23,26)/t15-/m0/s1. The summed E-state index contributed by atoms with van der Waals surface area (Å²) in [6.45, 7) is 1.05. The molecule has 0 spiro atoms. The predicted octanol–water partition coefficient (Wildman–Crippen LogP) is 2.51. The maximum absolute atomic E-state index is 12.5. The van der Waals surface area contributed by atoms with Crippen LogP contribution in [0.2, 0.25) is 5.02 Å². The molecule has 0 aliphatic carbocycles.